The van der Waals surface area contributed by atoms with Crippen LogP contribution in [-0.2, 0) is 16.0 Å². The second-order valence-electron chi connectivity index (χ2n) is 7.37. The van der Waals surface area contributed by atoms with Gasteiger partial charge in [0.25, 0.3) is 0 Å². The zero-order chi connectivity index (χ0) is 19.0. The molecule has 1 aromatic carbocycles. The maximum Gasteiger partial charge on any atom is 0.407 e. The number of alkyl carbamates (subject to hydrolysis) is 1. The van der Waals surface area contributed by atoms with Gasteiger partial charge < -0.3 is 15.2 Å². The highest BCUT2D eigenvalue weighted by Crippen LogP contribution is 2.52. The van der Waals surface area contributed by atoms with Crippen LogP contribution in [0.4, 0.5) is 18.0 Å². The van der Waals surface area contributed by atoms with Crippen molar-refractivity contribution in [3.8, 4) is 0 Å². The predicted molar refractivity (Wildman–Crippen MR) is 82.5 cm³/mol. The van der Waals surface area contributed by atoms with E-state index in [9.17, 15) is 22.8 Å². The fourth-order valence-electron chi connectivity index (χ4n) is 2.83. The minimum atomic E-state index is -1.31. The lowest BCUT2D eigenvalue weighted by molar-refractivity contribution is -0.138. The van der Waals surface area contributed by atoms with Crippen molar-refractivity contribution in [1.82, 2.24) is 5.32 Å². The number of amides is 1. The van der Waals surface area contributed by atoms with Crippen molar-refractivity contribution in [1.29, 1.82) is 0 Å². The van der Waals surface area contributed by atoms with Crippen LogP contribution in [0.5, 0.6) is 0 Å². The Hall–Kier alpha value is -2.25. The van der Waals surface area contributed by atoms with Crippen molar-refractivity contribution in [2.45, 2.75) is 51.7 Å². The van der Waals surface area contributed by atoms with Gasteiger partial charge in [0.05, 0.1) is 6.42 Å². The fraction of sp³-hybridized carbons (Fsp3) is 0.529. The zero-order valence-electron chi connectivity index (χ0n) is 14.2. The topological polar surface area (TPSA) is 75.6 Å². The average molecular weight is 359 g/mol. The van der Waals surface area contributed by atoms with Crippen LogP contribution in [0.15, 0.2) is 12.1 Å². The van der Waals surface area contributed by atoms with E-state index in [-0.39, 0.29) is 24.8 Å². The molecule has 5 nitrogen and oxygen atoms in total. The van der Waals surface area contributed by atoms with Crippen LogP contribution in [0.3, 0.4) is 0 Å². The maximum atomic E-state index is 13.9. The molecule has 1 saturated carbocycles. The normalized spacial score (nSPS) is 22.4. The van der Waals surface area contributed by atoms with Crippen molar-refractivity contribution >= 4 is 12.1 Å². The summed E-state index contributed by atoms with van der Waals surface area (Å²) in [5.41, 5.74) is -1.82. The molecule has 0 aliphatic heterocycles. The van der Waals surface area contributed by atoms with E-state index in [4.69, 9.17) is 9.84 Å². The summed E-state index contributed by atoms with van der Waals surface area (Å²) >= 11 is 0. The number of halogens is 3. The van der Waals surface area contributed by atoms with Gasteiger partial charge in [-0.15, -0.1) is 0 Å². The standard InChI is InChI=1S/C17H20F3NO4/c1-16(2,3)25-15(24)21-13-7-17(13,8-14(22)23)6-9-4-11(19)12(20)5-10(9)18/h4-5,13H,6-8H2,1-3H3,(H,21,24)(H,22,23). The molecule has 2 rings (SSSR count). The summed E-state index contributed by atoms with van der Waals surface area (Å²) in [4.78, 5) is 23.0. The molecule has 0 spiro atoms. The number of carbonyl (C=O) groups excluding carboxylic acids is 1. The molecule has 1 aromatic rings. The first kappa shape index (κ1) is 19.1. The Balaban J connectivity index is 2.14. The molecule has 0 saturated heterocycles. The summed E-state index contributed by atoms with van der Waals surface area (Å²) in [5.74, 6) is -4.60. The number of benzene rings is 1. The van der Waals surface area contributed by atoms with E-state index in [0.29, 0.717) is 6.07 Å². The molecule has 1 aliphatic carbocycles. The number of carbonyl (C=O) groups is 2. The molecule has 1 fully saturated rings. The largest absolute Gasteiger partial charge is 0.481 e. The van der Waals surface area contributed by atoms with Gasteiger partial charge in [0.2, 0.25) is 0 Å². The molecule has 0 bridgehead atoms. The smallest absolute Gasteiger partial charge is 0.407 e. The third-order valence-electron chi connectivity index (χ3n) is 4.02. The molecule has 1 amide bonds. The van der Waals surface area contributed by atoms with Gasteiger partial charge in [-0.05, 0) is 45.2 Å². The lowest BCUT2D eigenvalue weighted by Crippen LogP contribution is -2.36. The summed E-state index contributed by atoms with van der Waals surface area (Å²) in [6.07, 6.45) is -0.915. The lowest BCUT2D eigenvalue weighted by Gasteiger charge is -2.21. The fourth-order valence-corrected chi connectivity index (χ4v) is 2.83. The van der Waals surface area contributed by atoms with Crippen molar-refractivity contribution < 1.29 is 32.6 Å². The summed E-state index contributed by atoms with van der Waals surface area (Å²) in [6, 6.07) is 0.598. The molecule has 2 N–H and O–H groups in total. The van der Waals surface area contributed by atoms with E-state index >= 15 is 0 Å². The van der Waals surface area contributed by atoms with E-state index in [0.717, 1.165) is 6.07 Å². The lowest BCUT2D eigenvalue weighted by atomic mass is 9.91. The summed E-state index contributed by atoms with van der Waals surface area (Å²) < 4.78 is 45.4. The third kappa shape index (κ3) is 4.87. The Morgan fingerprint density at radius 2 is 1.84 bits per heavy atom. The van der Waals surface area contributed by atoms with E-state index < -0.39 is 46.6 Å². The zero-order valence-corrected chi connectivity index (χ0v) is 14.2. The summed E-state index contributed by atoms with van der Waals surface area (Å²) in [6.45, 7) is 5.04. The minimum Gasteiger partial charge on any atom is -0.481 e. The van der Waals surface area contributed by atoms with Crippen molar-refractivity contribution in [2.75, 3.05) is 0 Å². The molecule has 1 aliphatic rings. The molecule has 8 heteroatoms. The molecule has 2 unspecified atom stereocenters. The van der Waals surface area contributed by atoms with E-state index in [1.807, 2.05) is 0 Å². The van der Waals surface area contributed by atoms with E-state index in [1.165, 1.54) is 0 Å². The highest BCUT2D eigenvalue weighted by molar-refractivity contribution is 5.71. The van der Waals surface area contributed by atoms with Gasteiger partial charge in [-0.1, -0.05) is 0 Å². The van der Waals surface area contributed by atoms with Crippen molar-refractivity contribution in [3.05, 3.63) is 35.1 Å². The molecule has 25 heavy (non-hydrogen) atoms. The average Bonchev–Trinajstić information content (AvgIpc) is 3.04. The van der Waals surface area contributed by atoms with Crippen LogP contribution < -0.4 is 5.32 Å². The number of ether oxygens (including phenoxy) is 1. The Labute approximate surface area is 143 Å². The second-order valence-corrected chi connectivity index (χ2v) is 7.37. The van der Waals surface area contributed by atoms with Gasteiger partial charge in [-0.2, -0.15) is 0 Å². The van der Waals surface area contributed by atoms with Crippen LogP contribution in [-0.4, -0.2) is 28.8 Å². The van der Waals surface area contributed by atoms with Gasteiger partial charge in [-0.25, -0.2) is 18.0 Å². The molecular weight excluding hydrogens is 339 g/mol. The Bertz CT molecular complexity index is 702. The number of hydrogen-bond donors (Lipinski definition) is 2. The monoisotopic (exact) mass is 359 g/mol. The van der Waals surface area contributed by atoms with Crippen LogP contribution in [0.2, 0.25) is 0 Å². The molecule has 2 atom stereocenters. The summed E-state index contributed by atoms with van der Waals surface area (Å²) in [7, 11) is 0. The first-order valence-corrected chi connectivity index (χ1v) is 7.77. The van der Waals surface area contributed by atoms with E-state index in [1.54, 1.807) is 20.8 Å². The van der Waals surface area contributed by atoms with Gasteiger partial charge in [0.1, 0.15) is 11.4 Å². The Morgan fingerprint density at radius 1 is 1.24 bits per heavy atom. The number of nitrogens with one attached hydrogen (secondary N) is 1. The Kier molecular flexibility index (Phi) is 5.02. The van der Waals surface area contributed by atoms with Gasteiger partial charge in [0.15, 0.2) is 11.6 Å². The van der Waals surface area contributed by atoms with Crippen molar-refractivity contribution in [3.63, 3.8) is 0 Å². The van der Waals surface area contributed by atoms with Crippen LogP contribution >= 0.6 is 0 Å². The number of rotatable bonds is 5. The number of carboxylic acids is 1. The predicted octanol–water partition coefficient (Wildman–Crippen LogP) is 3.40. The molecule has 0 radical (unpaired) electrons. The molecule has 0 heterocycles. The first-order valence-electron chi connectivity index (χ1n) is 7.77. The van der Waals surface area contributed by atoms with Crippen molar-refractivity contribution in [2.24, 2.45) is 5.41 Å². The van der Waals surface area contributed by atoms with Gasteiger partial charge >= 0.3 is 12.1 Å². The quantitative estimate of drug-likeness (QED) is 0.790. The van der Waals surface area contributed by atoms with Crippen LogP contribution in [0, 0.1) is 22.9 Å². The summed E-state index contributed by atoms with van der Waals surface area (Å²) in [5, 5.41) is 11.7. The number of carboxylic acid groups (broad SMARTS) is 1. The third-order valence-corrected chi connectivity index (χ3v) is 4.02. The van der Waals surface area contributed by atoms with Gasteiger partial charge in [0, 0.05) is 17.5 Å². The molecular formula is C17H20F3NO4. The molecule has 0 aromatic heterocycles. The number of hydrogen-bond acceptors (Lipinski definition) is 3. The Morgan fingerprint density at radius 3 is 2.40 bits per heavy atom. The first-order chi connectivity index (χ1) is 11.4. The van der Waals surface area contributed by atoms with Crippen LogP contribution in [0.1, 0.15) is 39.2 Å². The minimum absolute atomic E-state index is 0.131. The van der Waals surface area contributed by atoms with Gasteiger partial charge in [-0.3, -0.25) is 4.79 Å². The van der Waals surface area contributed by atoms with Crippen LogP contribution in [0.25, 0.3) is 0 Å². The number of aliphatic carboxylic acids is 1. The molecule has 138 valence electrons. The highest BCUT2D eigenvalue weighted by atomic mass is 19.2. The maximum absolute atomic E-state index is 13.9. The van der Waals surface area contributed by atoms with E-state index in [2.05, 4.69) is 5.32 Å². The second kappa shape index (κ2) is 6.57. The highest BCUT2D eigenvalue weighted by Gasteiger charge is 2.56. The SMILES string of the molecule is CC(C)(C)OC(=O)NC1CC1(CC(=O)O)Cc1cc(F)c(F)cc1F.